The van der Waals surface area contributed by atoms with Gasteiger partial charge in [-0.1, -0.05) is 19.8 Å². The number of piperidine rings is 1. The topological polar surface area (TPSA) is 41.1 Å². The van der Waals surface area contributed by atoms with Crippen LogP contribution in [0.1, 0.15) is 51.9 Å². The summed E-state index contributed by atoms with van der Waals surface area (Å²) < 4.78 is 0. The quantitative estimate of drug-likeness (QED) is 0.805. The molecule has 102 valence electrons. The molecule has 3 rings (SSSR count). The van der Waals surface area contributed by atoms with Gasteiger partial charge in [-0.3, -0.25) is 4.79 Å². The third-order valence-electron chi connectivity index (χ3n) is 5.62. The van der Waals surface area contributed by atoms with Gasteiger partial charge in [0, 0.05) is 12.0 Å². The molecule has 3 unspecified atom stereocenters. The van der Waals surface area contributed by atoms with Crippen LogP contribution in [0, 0.1) is 17.3 Å². The molecule has 1 saturated heterocycles. The highest BCUT2D eigenvalue weighted by atomic mass is 16.2. The zero-order valence-corrected chi connectivity index (χ0v) is 11.5. The lowest BCUT2D eigenvalue weighted by atomic mass is 9.91. The van der Waals surface area contributed by atoms with Crippen molar-refractivity contribution in [3.05, 3.63) is 0 Å². The van der Waals surface area contributed by atoms with E-state index >= 15 is 0 Å². The fourth-order valence-electron chi connectivity index (χ4n) is 4.19. The van der Waals surface area contributed by atoms with Gasteiger partial charge in [-0.15, -0.1) is 0 Å². The Bertz CT molecular complexity index is 322. The second kappa shape index (κ2) is 4.84. The first kappa shape index (κ1) is 12.5. The maximum atomic E-state index is 12.4. The van der Waals surface area contributed by atoms with Crippen molar-refractivity contribution in [3.8, 4) is 0 Å². The van der Waals surface area contributed by atoms with Crippen molar-refractivity contribution in [1.29, 1.82) is 0 Å². The third-order valence-corrected chi connectivity index (χ3v) is 5.62. The Morgan fingerprint density at radius 2 is 2.11 bits per heavy atom. The first-order valence-electron chi connectivity index (χ1n) is 7.76. The standard InChI is InChI=1S/C15H26N2O/c1-2-11-4-3-5-13(11)17-14(18)12-10-15(12)6-8-16-9-7-15/h11-13,16H,2-10H2,1H3,(H,17,18). The van der Waals surface area contributed by atoms with E-state index in [1.165, 1.54) is 38.5 Å². The number of carbonyl (C=O) groups is 1. The zero-order chi connectivity index (χ0) is 12.6. The lowest BCUT2D eigenvalue weighted by Crippen LogP contribution is -2.40. The second-order valence-corrected chi connectivity index (χ2v) is 6.58. The molecule has 0 aromatic heterocycles. The van der Waals surface area contributed by atoms with Crippen LogP contribution in [0.25, 0.3) is 0 Å². The van der Waals surface area contributed by atoms with Gasteiger partial charge < -0.3 is 10.6 Å². The number of hydrogen-bond donors (Lipinski definition) is 2. The molecule has 18 heavy (non-hydrogen) atoms. The molecule has 2 saturated carbocycles. The van der Waals surface area contributed by atoms with E-state index in [1.807, 2.05) is 0 Å². The monoisotopic (exact) mass is 250 g/mol. The Labute approximate surface area is 110 Å². The highest BCUT2D eigenvalue weighted by molar-refractivity contribution is 5.83. The van der Waals surface area contributed by atoms with Crippen LogP contribution in [0.5, 0.6) is 0 Å². The number of nitrogens with one attached hydrogen (secondary N) is 2. The van der Waals surface area contributed by atoms with Gasteiger partial charge in [0.2, 0.25) is 5.91 Å². The highest BCUT2D eigenvalue weighted by Crippen LogP contribution is 2.58. The first-order valence-corrected chi connectivity index (χ1v) is 7.76. The molecule has 3 aliphatic rings. The fraction of sp³-hybridized carbons (Fsp3) is 0.933. The van der Waals surface area contributed by atoms with E-state index in [1.54, 1.807) is 0 Å². The Balaban J connectivity index is 1.53. The van der Waals surface area contributed by atoms with E-state index in [4.69, 9.17) is 0 Å². The van der Waals surface area contributed by atoms with Crippen molar-refractivity contribution < 1.29 is 4.79 Å². The Morgan fingerprint density at radius 3 is 2.83 bits per heavy atom. The minimum atomic E-state index is 0.331. The molecule has 3 fully saturated rings. The first-order chi connectivity index (χ1) is 8.75. The minimum Gasteiger partial charge on any atom is -0.353 e. The van der Waals surface area contributed by atoms with Gasteiger partial charge in [0.05, 0.1) is 0 Å². The van der Waals surface area contributed by atoms with E-state index in [-0.39, 0.29) is 0 Å². The number of carbonyl (C=O) groups excluding carboxylic acids is 1. The Hall–Kier alpha value is -0.570. The molecule has 3 nitrogen and oxygen atoms in total. The summed E-state index contributed by atoms with van der Waals surface area (Å²) in [6, 6.07) is 0.474. The molecule has 3 atom stereocenters. The van der Waals surface area contributed by atoms with Gasteiger partial charge >= 0.3 is 0 Å². The van der Waals surface area contributed by atoms with Gasteiger partial charge in [-0.05, 0) is 56.5 Å². The van der Waals surface area contributed by atoms with Crippen LogP contribution in [0.2, 0.25) is 0 Å². The van der Waals surface area contributed by atoms with Gasteiger partial charge in [0.25, 0.3) is 0 Å². The minimum absolute atomic E-state index is 0.331. The van der Waals surface area contributed by atoms with E-state index in [9.17, 15) is 4.79 Å². The number of rotatable bonds is 3. The van der Waals surface area contributed by atoms with Crippen LogP contribution < -0.4 is 10.6 Å². The van der Waals surface area contributed by atoms with Crippen LogP contribution >= 0.6 is 0 Å². The van der Waals surface area contributed by atoms with Crippen molar-refractivity contribution in [3.63, 3.8) is 0 Å². The summed E-state index contributed by atoms with van der Waals surface area (Å²) in [6.45, 7) is 4.45. The third kappa shape index (κ3) is 2.18. The fourth-order valence-corrected chi connectivity index (χ4v) is 4.19. The molecule has 0 aromatic rings. The Kier molecular flexibility index (Phi) is 3.35. The van der Waals surface area contributed by atoms with Gasteiger partial charge in [-0.2, -0.15) is 0 Å². The van der Waals surface area contributed by atoms with E-state index < -0.39 is 0 Å². The summed E-state index contributed by atoms with van der Waals surface area (Å²) >= 11 is 0. The predicted octanol–water partition coefficient (Wildman–Crippen LogP) is 2.07. The van der Waals surface area contributed by atoms with Crippen LogP contribution in [-0.2, 0) is 4.79 Å². The van der Waals surface area contributed by atoms with E-state index in [2.05, 4.69) is 17.6 Å². The lowest BCUT2D eigenvalue weighted by Gasteiger charge is -2.24. The molecular formula is C15H26N2O. The molecule has 2 N–H and O–H groups in total. The summed E-state index contributed by atoms with van der Waals surface area (Å²) in [4.78, 5) is 12.4. The van der Waals surface area contributed by atoms with Crippen molar-refractivity contribution in [2.45, 2.75) is 57.9 Å². The summed E-state index contributed by atoms with van der Waals surface area (Å²) in [5.74, 6) is 1.43. The summed E-state index contributed by atoms with van der Waals surface area (Å²) in [5.41, 5.74) is 0.385. The highest BCUT2D eigenvalue weighted by Gasteiger charge is 2.57. The molecule has 1 aliphatic heterocycles. The molecule has 1 heterocycles. The van der Waals surface area contributed by atoms with Crippen molar-refractivity contribution in [2.24, 2.45) is 17.3 Å². The summed E-state index contributed by atoms with van der Waals surface area (Å²) in [7, 11) is 0. The second-order valence-electron chi connectivity index (χ2n) is 6.58. The zero-order valence-electron chi connectivity index (χ0n) is 11.5. The van der Waals surface area contributed by atoms with Crippen LogP contribution in [0.15, 0.2) is 0 Å². The molecule has 1 spiro atoms. The van der Waals surface area contributed by atoms with Gasteiger partial charge in [0.1, 0.15) is 0 Å². The van der Waals surface area contributed by atoms with Crippen LogP contribution in [-0.4, -0.2) is 25.0 Å². The van der Waals surface area contributed by atoms with Crippen LogP contribution in [0.3, 0.4) is 0 Å². The van der Waals surface area contributed by atoms with E-state index in [0.29, 0.717) is 23.3 Å². The molecule has 2 aliphatic carbocycles. The smallest absolute Gasteiger partial charge is 0.223 e. The van der Waals surface area contributed by atoms with E-state index in [0.717, 1.165) is 25.4 Å². The van der Waals surface area contributed by atoms with Crippen molar-refractivity contribution in [2.75, 3.05) is 13.1 Å². The summed E-state index contributed by atoms with van der Waals surface area (Å²) in [5, 5.41) is 6.75. The maximum Gasteiger partial charge on any atom is 0.223 e. The van der Waals surface area contributed by atoms with Crippen molar-refractivity contribution in [1.82, 2.24) is 10.6 Å². The lowest BCUT2D eigenvalue weighted by molar-refractivity contribution is -0.124. The molecule has 3 heteroatoms. The molecule has 0 radical (unpaired) electrons. The largest absolute Gasteiger partial charge is 0.353 e. The maximum absolute atomic E-state index is 12.4. The number of amides is 1. The van der Waals surface area contributed by atoms with Crippen LogP contribution in [0.4, 0.5) is 0 Å². The number of hydrogen-bond acceptors (Lipinski definition) is 2. The molecule has 1 amide bonds. The molecule has 0 aromatic carbocycles. The predicted molar refractivity (Wildman–Crippen MR) is 72.2 cm³/mol. The molecule has 0 bridgehead atoms. The van der Waals surface area contributed by atoms with Crippen molar-refractivity contribution >= 4 is 5.91 Å². The average molecular weight is 250 g/mol. The Morgan fingerprint density at radius 1 is 1.33 bits per heavy atom. The van der Waals surface area contributed by atoms with Gasteiger partial charge in [-0.25, -0.2) is 0 Å². The SMILES string of the molecule is CCC1CCCC1NC(=O)C1CC12CCNCC2. The average Bonchev–Trinajstić information content (AvgIpc) is 2.89. The normalized spacial score (nSPS) is 37.7. The molecular weight excluding hydrogens is 224 g/mol. The van der Waals surface area contributed by atoms with Gasteiger partial charge in [0.15, 0.2) is 0 Å². The summed E-state index contributed by atoms with van der Waals surface area (Å²) in [6.07, 6.45) is 8.56.